The van der Waals surface area contributed by atoms with Crippen LogP contribution >= 0.6 is 15.9 Å². The van der Waals surface area contributed by atoms with Crippen molar-refractivity contribution in [2.24, 2.45) is 0 Å². The van der Waals surface area contributed by atoms with Crippen molar-refractivity contribution in [2.45, 2.75) is 0 Å². The number of hydrogen-bond donors (Lipinski definition) is 0. The van der Waals surface area contributed by atoms with Gasteiger partial charge >= 0.3 is 0 Å². The Balaban J connectivity index is 2.68. The maximum atomic E-state index is 10.9. The van der Waals surface area contributed by atoms with Crippen LogP contribution in [0, 0.1) is 0 Å². The molecule has 3 heteroatoms. The summed E-state index contributed by atoms with van der Waals surface area (Å²) in [5.74, 6) is 0.870. The number of halogens is 1. The van der Waals surface area contributed by atoms with Crippen LogP contribution in [0.4, 0.5) is 0 Å². The zero-order chi connectivity index (χ0) is 10.4. The number of ether oxygens (including phenoxy) is 1. The topological polar surface area (TPSA) is 26.3 Å². The van der Waals surface area contributed by atoms with Crippen LogP contribution in [-0.4, -0.2) is 18.2 Å². The standard InChI is InChI=1S/C11H11BrO2/c1-14-11-6-3-9(4-7-11)2-5-10(13)8-12/h2-7H,8H2,1H3/b5-2+. The highest BCUT2D eigenvalue weighted by Gasteiger charge is 1.92. The molecular weight excluding hydrogens is 244 g/mol. The SMILES string of the molecule is COc1ccc(/C=C/C(=O)CBr)cc1. The summed E-state index contributed by atoms with van der Waals surface area (Å²) in [4.78, 5) is 10.9. The van der Waals surface area contributed by atoms with Crippen molar-refractivity contribution >= 4 is 27.8 Å². The summed E-state index contributed by atoms with van der Waals surface area (Å²) in [5, 5.41) is 0.361. The molecule has 0 aromatic heterocycles. The average Bonchev–Trinajstić information content (AvgIpc) is 2.26. The van der Waals surface area contributed by atoms with Crippen LogP contribution in [0.2, 0.25) is 0 Å². The summed E-state index contributed by atoms with van der Waals surface area (Å²) in [6, 6.07) is 7.52. The fourth-order valence-corrected chi connectivity index (χ4v) is 1.14. The van der Waals surface area contributed by atoms with Crippen molar-refractivity contribution < 1.29 is 9.53 Å². The molecule has 1 aromatic rings. The van der Waals surface area contributed by atoms with E-state index in [2.05, 4.69) is 15.9 Å². The smallest absolute Gasteiger partial charge is 0.166 e. The summed E-state index contributed by atoms with van der Waals surface area (Å²) >= 11 is 3.09. The lowest BCUT2D eigenvalue weighted by Crippen LogP contribution is -1.91. The van der Waals surface area contributed by atoms with Crippen molar-refractivity contribution in [3.63, 3.8) is 0 Å². The van der Waals surface area contributed by atoms with Crippen molar-refractivity contribution in [1.82, 2.24) is 0 Å². The highest BCUT2D eigenvalue weighted by atomic mass is 79.9. The number of methoxy groups -OCH3 is 1. The first kappa shape index (κ1) is 11.0. The van der Waals surface area contributed by atoms with Crippen LogP contribution in [-0.2, 0) is 4.79 Å². The minimum Gasteiger partial charge on any atom is -0.497 e. The maximum absolute atomic E-state index is 10.9. The molecule has 0 spiro atoms. The third kappa shape index (κ3) is 3.34. The first-order valence-electron chi connectivity index (χ1n) is 4.17. The summed E-state index contributed by atoms with van der Waals surface area (Å²) in [5.41, 5.74) is 0.986. The van der Waals surface area contributed by atoms with E-state index in [1.165, 1.54) is 0 Å². The molecule has 0 amide bonds. The highest BCUT2D eigenvalue weighted by molar-refractivity contribution is 9.09. The molecule has 1 aromatic carbocycles. The second-order valence-electron chi connectivity index (χ2n) is 2.71. The van der Waals surface area contributed by atoms with E-state index in [4.69, 9.17) is 4.74 Å². The molecular formula is C11H11BrO2. The molecule has 0 fully saturated rings. The zero-order valence-corrected chi connectivity index (χ0v) is 9.45. The van der Waals surface area contributed by atoms with Gasteiger partial charge in [-0.05, 0) is 23.8 Å². The van der Waals surface area contributed by atoms with Gasteiger partial charge < -0.3 is 4.74 Å². The Labute approximate surface area is 91.7 Å². The minimum atomic E-state index is 0.0563. The minimum absolute atomic E-state index is 0.0563. The van der Waals surface area contributed by atoms with E-state index in [1.54, 1.807) is 19.3 Å². The second-order valence-corrected chi connectivity index (χ2v) is 3.27. The van der Waals surface area contributed by atoms with Crippen molar-refractivity contribution in [3.8, 4) is 5.75 Å². The molecule has 0 saturated carbocycles. The molecule has 0 bridgehead atoms. The molecule has 0 unspecified atom stereocenters. The summed E-state index contributed by atoms with van der Waals surface area (Å²) in [6.07, 6.45) is 3.33. The summed E-state index contributed by atoms with van der Waals surface area (Å²) in [6.45, 7) is 0. The van der Waals surface area contributed by atoms with E-state index in [-0.39, 0.29) is 5.78 Å². The third-order valence-electron chi connectivity index (χ3n) is 1.71. The zero-order valence-electron chi connectivity index (χ0n) is 7.87. The molecule has 0 saturated heterocycles. The van der Waals surface area contributed by atoms with Crippen LogP contribution < -0.4 is 4.74 Å². The fourth-order valence-electron chi connectivity index (χ4n) is 0.949. The van der Waals surface area contributed by atoms with Gasteiger partial charge in [-0.2, -0.15) is 0 Å². The Morgan fingerprint density at radius 1 is 1.43 bits per heavy atom. The Morgan fingerprint density at radius 2 is 2.07 bits per heavy atom. The molecule has 2 nitrogen and oxygen atoms in total. The van der Waals surface area contributed by atoms with Gasteiger partial charge in [-0.1, -0.05) is 34.1 Å². The van der Waals surface area contributed by atoms with Crippen molar-refractivity contribution in [3.05, 3.63) is 35.9 Å². The molecule has 0 radical (unpaired) electrons. The number of carbonyl (C=O) groups is 1. The first-order valence-corrected chi connectivity index (χ1v) is 5.29. The molecule has 0 N–H and O–H groups in total. The van der Waals surface area contributed by atoms with Gasteiger partial charge in [0.15, 0.2) is 5.78 Å². The lowest BCUT2D eigenvalue weighted by atomic mass is 10.2. The number of carbonyl (C=O) groups excluding carboxylic acids is 1. The summed E-state index contributed by atoms with van der Waals surface area (Å²) < 4.78 is 5.02. The molecule has 0 aliphatic heterocycles. The highest BCUT2D eigenvalue weighted by Crippen LogP contribution is 2.12. The molecule has 14 heavy (non-hydrogen) atoms. The molecule has 0 aliphatic carbocycles. The van der Waals surface area contributed by atoms with Crippen molar-refractivity contribution in [2.75, 3.05) is 12.4 Å². The normalized spacial score (nSPS) is 10.4. The van der Waals surface area contributed by atoms with Crippen LogP contribution in [0.3, 0.4) is 0 Å². The lowest BCUT2D eigenvalue weighted by molar-refractivity contribution is -0.112. The van der Waals surface area contributed by atoms with E-state index in [0.717, 1.165) is 11.3 Å². The van der Waals surface area contributed by atoms with Gasteiger partial charge in [0.1, 0.15) is 5.75 Å². The number of benzene rings is 1. The van der Waals surface area contributed by atoms with E-state index < -0.39 is 0 Å². The Bertz CT molecular complexity index is 328. The van der Waals surface area contributed by atoms with Gasteiger partial charge in [0.05, 0.1) is 12.4 Å². The summed E-state index contributed by atoms with van der Waals surface area (Å²) in [7, 11) is 1.62. The molecule has 74 valence electrons. The first-order chi connectivity index (χ1) is 6.76. The van der Waals surface area contributed by atoms with Crippen LogP contribution in [0.15, 0.2) is 30.3 Å². The number of hydrogen-bond acceptors (Lipinski definition) is 2. The second kappa shape index (κ2) is 5.60. The predicted molar refractivity (Wildman–Crippen MR) is 60.8 cm³/mol. The molecule has 1 rings (SSSR count). The quantitative estimate of drug-likeness (QED) is 0.610. The Morgan fingerprint density at radius 3 is 2.57 bits per heavy atom. The van der Waals surface area contributed by atoms with E-state index in [0.29, 0.717) is 5.33 Å². The Hall–Kier alpha value is -1.09. The van der Waals surface area contributed by atoms with Crippen molar-refractivity contribution in [1.29, 1.82) is 0 Å². The molecule has 0 aliphatic rings. The fraction of sp³-hybridized carbons (Fsp3) is 0.182. The number of alkyl halides is 1. The third-order valence-corrected chi connectivity index (χ3v) is 2.26. The monoisotopic (exact) mass is 254 g/mol. The van der Waals surface area contributed by atoms with Crippen LogP contribution in [0.1, 0.15) is 5.56 Å². The Kier molecular flexibility index (Phi) is 4.40. The van der Waals surface area contributed by atoms with Crippen LogP contribution in [0.25, 0.3) is 6.08 Å². The predicted octanol–water partition coefficient (Wildman–Crippen LogP) is 2.67. The van der Waals surface area contributed by atoms with Gasteiger partial charge in [0, 0.05) is 0 Å². The number of allylic oxidation sites excluding steroid dienone is 1. The number of ketones is 1. The van der Waals surface area contributed by atoms with E-state index >= 15 is 0 Å². The van der Waals surface area contributed by atoms with Crippen LogP contribution in [0.5, 0.6) is 5.75 Å². The maximum Gasteiger partial charge on any atom is 0.166 e. The largest absolute Gasteiger partial charge is 0.497 e. The number of rotatable bonds is 4. The average molecular weight is 255 g/mol. The van der Waals surface area contributed by atoms with Gasteiger partial charge in [0.2, 0.25) is 0 Å². The van der Waals surface area contributed by atoms with Gasteiger partial charge in [-0.25, -0.2) is 0 Å². The van der Waals surface area contributed by atoms with E-state index in [1.807, 2.05) is 24.3 Å². The van der Waals surface area contributed by atoms with Gasteiger partial charge in [-0.3, -0.25) is 4.79 Å². The van der Waals surface area contributed by atoms with E-state index in [9.17, 15) is 4.79 Å². The lowest BCUT2D eigenvalue weighted by Gasteiger charge is -1.98. The molecule has 0 heterocycles. The van der Waals surface area contributed by atoms with Gasteiger partial charge in [-0.15, -0.1) is 0 Å². The molecule has 0 atom stereocenters. The van der Waals surface area contributed by atoms with Gasteiger partial charge in [0.25, 0.3) is 0 Å².